The Kier molecular flexibility index (Phi) is 2.84. The van der Waals surface area contributed by atoms with Gasteiger partial charge in [0.05, 0.1) is 6.54 Å². The number of rotatable bonds is 5. The molecule has 1 aliphatic carbocycles. The van der Waals surface area contributed by atoms with Gasteiger partial charge in [-0.05, 0) is 25.0 Å². The van der Waals surface area contributed by atoms with Gasteiger partial charge in [0.1, 0.15) is 0 Å². The summed E-state index contributed by atoms with van der Waals surface area (Å²) in [5.41, 5.74) is 1.10. The van der Waals surface area contributed by atoms with Gasteiger partial charge in [-0.2, -0.15) is 0 Å². The van der Waals surface area contributed by atoms with E-state index in [-0.39, 0.29) is 5.91 Å². The van der Waals surface area contributed by atoms with Crippen molar-refractivity contribution in [2.45, 2.75) is 25.4 Å². The normalized spacial score (nSPS) is 15.4. The van der Waals surface area contributed by atoms with Gasteiger partial charge >= 0.3 is 0 Å². The molecule has 0 atom stereocenters. The molecule has 4 heteroatoms. The number of hydrogen-bond acceptors (Lipinski definition) is 2. The largest absolute Gasteiger partial charge is 0.364 e. The Morgan fingerprint density at radius 3 is 3.07 bits per heavy atom. The second-order valence-electron chi connectivity index (χ2n) is 3.64. The van der Waals surface area contributed by atoms with Crippen molar-refractivity contribution in [3.63, 3.8) is 0 Å². The highest BCUT2D eigenvalue weighted by Gasteiger charge is 2.22. The second kappa shape index (κ2) is 4.28. The average Bonchev–Trinajstić information content (AvgIpc) is 2.82. The Morgan fingerprint density at radius 2 is 2.43 bits per heavy atom. The van der Waals surface area contributed by atoms with Crippen molar-refractivity contribution in [1.82, 2.24) is 15.6 Å². The Morgan fingerprint density at radius 1 is 1.57 bits per heavy atom. The summed E-state index contributed by atoms with van der Waals surface area (Å²) in [7, 11) is 0. The minimum atomic E-state index is 0.0963. The van der Waals surface area contributed by atoms with Crippen LogP contribution in [0.3, 0.4) is 0 Å². The smallest absolute Gasteiger partial charge is 0.234 e. The lowest BCUT2D eigenvalue weighted by molar-refractivity contribution is -0.120. The Hall–Kier alpha value is -1.29. The maximum atomic E-state index is 11.2. The number of carbonyl (C=O) groups is 1. The molecule has 0 spiro atoms. The van der Waals surface area contributed by atoms with Crippen LogP contribution < -0.4 is 10.6 Å². The summed E-state index contributed by atoms with van der Waals surface area (Å²) in [6.45, 7) is 1.11. The van der Waals surface area contributed by atoms with E-state index < -0.39 is 0 Å². The Balaban J connectivity index is 1.60. The highest BCUT2D eigenvalue weighted by Crippen LogP contribution is 2.18. The molecule has 1 saturated carbocycles. The third kappa shape index (κ3) is 2.88. The topological polar surface area (TPSA) is 56.9 Å². The molecule has 1 heterocycles. The van der Waals surface area contributed by atoms with Crippen LogP contribution in [0, 0.1) is 0 Å². The number of amides is 1. The van der Waals surface area contributed by atoms with Crippen LogP contribution in [0.15, 0.2) is 18.3 Å². The van der Waals surface area contributed by atoms with Crippen LogP contribution in [0.2, 0.25) is 0 Å². The number of hydrogen-bond donors (Lipinski definition) is 3. The van der Waals surface area contributed by atoms with Gasteiger partial charge in [-0.15, -0.1) is 0 Å². The quantitative estimate of drug-likeness (QED) is 0.633. The van der Waals surface area contributed by atoms with Crippen LogP contribution in [0.5, 0.6) is 0 Å². The van der Waals surface area contributed by atoms with Gasteiger partial charge in [-0.1, -0.05) is 0 Å². The van der Waals surface area contributed by atoms with Crippen LogP contribution >= 0.6 is 0 Å². The Labute approximate surface area is 83.1 Å². The van der Waals surface area contributed by atoms with Crippen molar-refractivity contribution in [1.29, 1.82) is 0 Å². The van der Waals surface area contributed by atoms with Crippen LogP contribution in [0.25, 0.3) is 0 Å². The van der Waals surface area contributed by atoms with E-state index in [0.29, 0.717) is 19.1 Å². The fourth-order valence-electron chi connectivity index (χ4n) is 1.29. The first kappa shape index (κ1) is 9.27. The Bertz CT molecular complexity index is 290. The molecule has 0 bridgehead atoms. The number of H-pyrrole nitrogens is 1. The summed E-state index contributed by atoms with van der Waals surface area (Å²) >= 11 is 0. The van der Waals surface area contributed by atoms with E-state index in [2.05, 4.69) is 15.6 Å². The molecule has 1 fully saturated rings. The molecule has 1 aliphatic rings. The van der Waals surface area contributed by atoms with Gasteiger partial charge in [0, 0.05) is 24.5 Å². The first-order valence-electron chi connectivity index (χ1n) is 4.97. The average molecular weight is 193 g/mol. The maximum absolute atomic E-state index is 11.2. The molecule has 4 nitrogen and oxygen atoms in total. The fourth-order valence-corrected chi connectivity index (χ4v) is 1.29. The van der Waals surface area contributed by atoms with Gasteiger partial charge in [0.25, 0.3) is 0 Å². The minimum absolute atomic E-state index is 0.0963. The van der Waals surface area contributed by atoms with Crippen molar-refractivity contribution in [3.05, 3.63) is 24.0 Å². The van der Waals surface area contributed by atoms with E-state index in [4.69, 9.17) is 0 Å². The SMILES string of the molecule is O=C(CNCc1ccc[nH]1)NC1CC1. The fraction of sp³-hybridized carbons (Fsp3) is 0.500. The van der Waals surface area contributed by atoms with Crippen LogP contribution in [-0.4, -0.2) is 23.5 Å². The summed E-state index contributed by atoms with van der Waals surface area (Å²) in [6.07, 6.45) is 4.16. The molecular weight excluding hydrogens is 178 g/mol. The van der Waals surface area contributed by atoms with Gasteiger partial charge in [0.15, 0.2) is 0 Å². The molecule has 0 aromatic carbocycles. The van der Waals surface area contributed by atoms with Gasteiger partial charge in [0.2, 0.25) is 5.91 Å². The summed E-state index contributed by atoms with van der Waals surface area (Å²) in [6, 6.07) is 4.39. The molecular formula is C10H15N3O. The van der Waals surface area contributed by atoms with Crippen LogP contribution in [-0.2, 0) is 11.3 Å². The lowest BCUT2D eigenvalue weighted by Crippen LogP contribution is -2.34. The molecule has 0 saturated heterocycles. The maximum Gasteiger partial charge on any atom is 0.234 e. The molecule has 1 aromatic heterocycles. The van der Waals surface area contributed by atoms with Crippen molar-refractivity contribution < 1.29 is 4.79 Å². The monoisotopic (exact) mass is 193 g/mol. The lowest BCUT2D eigenvalue weighted by Gasteiger charge is -2.04. The van der Waals surface area contributed by atoms with Crippen molar-refractivity contribution >= 4 is 5.91 Å². The number of carbonyl (C=O) groups excluding carboxylic acids is 1. The molecule has 0 unspecified atom stereocenters. The molecule has 2 rings (SSSR count). The van der Waals surface area contributed by atoms with Gasteiger partial charge < -0.3 is 15.6 Å². The minimum Gasteiger partial charge on any atom is -0.364 e. The first-order valence-corrected chi connectivity index (χ1v) is 4.97. The summed E-state index contributed by atoms with van der Waals surface area (Å²) in [5, 5.41) is 6.00. The zero-order chi connectivity index (χ0) is 9.80. The summed E-state index contributed by atoms with van der Waals surface area (Å²) in [5.74, 6) is 0.0963. The molecule has 1 aromatic rings. The molecule has 0 aliphatic heterocycles. The molecule has 76 valence electrons. The van der Waals surface area contributed by atoms with Crippen LogP contribution in [0.4, 0.5) is 0 Å². The standard InChI is InChI=1S/C10H15N3O/c14-10(13-8-3-4-8)7-11-6-9-2-1-5-12-9/h1-2,5,8,11-12H,3-4,6-7H2,(H,13,14). The summed E-state index contributed by atoms with van der Waals surface area (Å²) < 4.78 is 0. The van der Waals surface area contributed by atoms with Crippen molar-refractivity contribution in [2.75, 3.05) is 6.54 Å². The number of aromatic nitrogens is 1. The first-order chi connectivity index (χ1) is 6.84. The molecule has 14 heavy (non-hydrogen) atoms. The highest BCUT2D eigenvalue weighted by atomic mass is 16.2. The zero-order valence-electron chi connectivity index (χ0n) is 8.05. The summed E-state index contributed by atoms with van der Waals surface area (Å²) in [4.78, 5) is 14.3. The van der Waals surface area contributed by atoms with Gasteiger partial charge in [-0.3, -0.25) is 4.79 Å². The van der Waals surface area contributed by atoms with E-state index in [1.807, 2.05) is 18.3 Å². The second-order valence-corrected chi connectivity index (χ2v) is 3.64. The molecule has 3 N–H and O–H groups in total. The van der Waals surface area contributed by atoms with E-state index >= 15 is 0 Å². The van der Waals surface area contributed by atoms with Crippen LogP contribution in [0.1, 0.15) is 18.5 Å². The van der Waals surface area contributed by atoms with E-state index in [9.17, 15) is 4.79 Å². The van der Waals surface area contributed by atoms with Gasteiger partial charge in [-0.25, -0.2) is 0 Å². The third-order valence-corrected chi connectivity index (χ3v) is 2.21. The van der Waals surface area contributed by atoms with E-state index in [0.717, 1.165) is 18.5 Å². The lowest BCUT2D eigenvalue weighted by atomic mass is 10.4. The number of nitrogens with one attached hydrogen (secondary N) is 3. The molecule has 1 amide bonds. The third-order valence-electron chi connectivity index (χ3n) is 2.21. The predicted molar refractivity (Wildman–Crippen MR) is 53.7 cm³/mol. The van der Waals surface area contributed by atoms with Crippen molar-refractivity contribution in [2.24, 2.45) is 0 Å². The predicted octanol–water partition coefficient (Wildman–Crippen LogP) is 0.383. The van der Waals surface area contributed by atoms with E-state index in [1.54, 1.807) is 0 Å². The number of aromatic amines is 1. The van der Waals surface area contributed by atoms with E-state index in [1.165, 1.54) is 0 Å². The zero-order valence-corrected chi connectivity index (χ0v) is 8.05. The van der Waals surface area contributed by atoms with Crippen molar-refractivity contribution in [3.8, 4) is 0 Å². The molecule has 0 radical (unpaired) electrons. The highest BCUT2D eigenvalue weighted by molar-refractivity contribution is 5.78.